The molecule has 0 bridgehead atoms. The number of hydrogen-bond acceptors (Lipinski definition) is 3. The molecule has 0 spiro atoms. The smallest absolute Gasteiger partial charge is 0.322 e. The van der Waals surface area contributed by atoms with E-state index in [2.05, 4.69) is 5.32 Å². The Balaban J connectivity index is 2.10. The molecule has 1 aromatic rings. The molecule has 0 saturated carbocycles. The Kier molecular flexibility index (Phi) is 4.40. The van der Waals surface area contributed by atoms with Crippen molar-refractivity contribution in [3.8, 4) is 6.19 Å². The first-order valence-corrected chi connectivity index (χ1v) is 6.62. The number of amides is 1. The van der Waals surface area contributed by atoms with E-state index in [4.69, 9.17) is 5.26 Å². The number of carbonyl (C=O) groups is 1. The van der Waals surface area contributed by atoms with Crippen molar-refractivity contribution in [2.24, 2.45) is 0 Å². The van der Waals surface area contributed by atoms with Crippen molar-refractivity contribution in [2.45, 2.75) is 19.5 Å². The Hall–Kier alpha value is -2.49. The highest BCUT2D eigenvalue weighted by molar-refractivity contribution is 5.99. The number of anilines is 1. The van der Waals surface area contributed by atoms with Crippen molar-refractivity contribution in [1.29, 1.82) is 5.26 Å². The van der Waals surface area contributed by atoms with Crippen LogP contribution in [0.25, 0.3) is 0 Å². The fourth-order valence-corrected chi connectivity index (χ4v) is 2.25. The molecule has 1 amide bonds. The monoisotopic (exact) mass is 309 g/mol. The van der Waals surface area contributed by atoms with E-state index in [1.165, 1.54) is 30.0 Å². The van der Waals surface area contributed by atoms with Gasteiger partial charge < -0.3 is 10.2 Å². The zero-order valence-corrected chi connectivity index (χ0v) is 11.9. The minimum atomic E-state index is -4.46. The van der Waals surface area contributed by atoms with Crippen molar-refractivity contribution < 1.29 is 18.0 Å². The second-order valence-electron chi connectivity index (χ2n) is 5.09. The maximum Gasteiger partial charge on any atom is 0.416 e. The molecule has 7 heteroatoms. The fraction of sp³-hybridized carbons (Fsp3) is 0.333. The average Bonchev–Trinajstić information content (AvgIpc) is 2.87. The highest BCUT2D eigenvalue weighted by atomic mass is 19.4. The molecule has 0 unspecified atom stereocenters. The topological polar surface area (TPSA) is 56.1 Å². The number of aryl methyl sites for hydroxylation is 1. The Labute approximate surface area is 125 Å². The molecule has 0 atom stereocenters. The summed E-state index contributed by atoms with van der Waals surface area (Å²) in [6.45, 7) is 2.30. The van der Waals surface area contributed by atoms with Gasteiger partial charge in [-0.05, 0) is 36.6 Å². The molecule has 1 fully saturated rings. The Bertz CT molecular complexity index is 659. The third-order valence-electron chi connectivity index (χ3n) is 3.38. The first-order chi connectivity index (χ1) is 10.3. The molecule has 0 aromatic heterocycles. The number of alkyl halides is 3. The normalized spacial score (nSPS) is 16.7. The lowest BCUT2D eigenvalue weighted by Gasteiger charge is -2.12. The SMILES string of the molecule is Cc1ccc(NC(=O)C=C2CCN(C#N)C2)cc1C(F)(F)F. The van der Waals surface area contributed by atoms with Crippen molar-refractivity contribution in [3.05, 3.63) is 41.0 Å². The molecule has 1 aliphatic heterocycles. The van der Waals surface area contributed by atoms with Gasteiger partial charge in [0.1, 0.15) is 0 Å². The van der Waals surface area contributed by atoms with Gasteiger partial charge in [0, 0.05) is 24.9 Å². The number of nitrogens with zero attached hydrogens (tertiary/aromatic N) is 2. The molecule has 1 aromatic carbocycles. The van der Waals surface area contributed by atoms with Gasteiger partial charge >= 0.3 is 6.18 Å². The highest BCUT2D eigenvalue weighted by Crippen LogP contribution is 2.33. The van der Waals surface area contributed by atoms with Gasteiger partial charge in [-0.3, -0.25) is 4.79 Å². The first-order valence-electron chi connectivity index (χ1n) is 6.62. The van der Waals surface area contributed by atoms with Crippen LogP contribution in [0.1, 0.15) is 17.5 Å². The third kappa shape index (κ3) is 3.79. The van der Waals surface area contributed by atoms with Crippen LogP contribution in [0.5, 0.6) is 0 Å². The number of nitriles is 1. The molecular formula is C15H14F3N3O. The summed E-state index contributed by atoms with van der Waals surface area (Å²) in [5.41, 5.74) is 0.205. The third-order valence-corrected chi connectivity index (χ3v) is 3.38. The Morgan fingerprint density at radius 1 is 1.45 bits per heavy atom. The Morgan fingerprint density at radius 3 is 2.77 bits per heavy atom. The van der Waals surface area contributed by atoms with E-state index < -0.39 is 17.6 Å². The zero-order chi connectivity index (χ0) is 16.3. The largest absolute Gasteiger partial charge is 0.416 e. The van der Waals surface area contributed by atoms with Crippen LogP contribution in [0.4, 0.5) is 18.9 Å². The quantitative estimate of drug-likeness (QED) is 0.675. The molecule has 4 nitrogen and oxygen atoms in total. The summed E-state index contributed by atoms with van der Waals surface area (Å²) in [4.78, 5) is 13.3. The maximum absolute atomic E-state index is 12.8. The van der Waals surface area contributed by atoms with E-state index in [-0.39, 0.29) is 11.3 Å². The fourth-order valence-electron chi connectivity index (χ4n) is 2.25. The van der Waals surface area contributed by atoms with Gasteiger partial charge in [-0.1, -0.05) is 6.07 Å². The van der Waals surface area contributed by atoms with Gasteiger partial charge in [0.2, 0.25) is 5.91 Å². The molecule has 0 aliphatic carbocycles. The summed E-state index contributed by atoms with van der Waals surface area (Å²) in [6.07, 6.45) is -0.536. The Morgan fingerprint density at radius 2 is 2.18 bits per heavy atom. The maximum atomic E-state index is 12.8. The van der Waals surface area contributed by atoms with E-state index in [0.29, 0.717) is 19.5 Å². The molecule has 116 valence electrons. The number of nitrogens with one attached hydrogen (secondary N) is 1. The van der Waals surface area contributed by atoms with Gasteiger partial charge in [0.25, 0.3) is 0 Å². The van der Waals surface area contributed by atoms with Crippen LogP contribution in [0, 0.1) is 18.4 Å². The molecule has 2 rings (SSSR count). The molecule has 22 heavy (non-hydrogen) atoms. The number of carbonyl (C=O) groups excluding carboxylic acids is 1. The van der Waals surface area contributed by atoms with Crippen LogP contribution in [0.2, 0.25) is 0 Å². The number of likely N-dealkylation sites (tertiary alicyclic amines) is 1. The number of halogens is 3. The second kappa shape index (κ2) is 6.10. The van der Waals surface area contributed by atoms with Gasteiger partial charge in [0.05, 0.1) is 5.56 Å². The van der Waals surface area contributed by atoms with E-state index in [0.717, 1.165) is 11.6 Å². The van der Waals surface area contributed by atoms with E-state index in [1.807, 2.05) is 6.19 Å². The predicted octanol–water partition coefficient (Wildman–Crippen LogP) is 3.07. The summed E-state index contributed by atoms with van der Waals surface area (Å²) < 4.78 is 38.4. The van der Waals surface area contributed by atoms with Crippen LogP contribution in [-0.2, 0) is 11.0 Å². The number of rotatable bonds is 2. The minimum absolute atomic E-state index is 0.0925. The van der Waals surface area contributed by atoms with Gasteiger partial charge in [0.15, 0.2) is 6.19 Å². The molecule has 0 radical (unpaired) electrons. The summed E-state index contributed by atoms with van der Waals surface area (Å²) >= 11 is 0. The van der Waals surface area contributed by atoms with Crippen molar-refractivity contribution in [2.75, 3.05) is 18.4 Å². The van der Waals surface area contributed by atoms with Gasteiger partial charge in [-0.15, -0.1) is 0 Å². The van der Waals surface area contributed by atoms with Gasteiger partial charge in [-0.2, -0.15) is 18.4 Å². The molecule has 1 aliphatic rings. The number of benzene rings is 1. The molecular weight excluding hydrogens is 295 g/mol. The van der Waals surface area contributed by atoms with Crippen molar-refractivity contribution in [3.63, 3.8) is 0 Å². The lowest BCUT2D eigenvalue weighted by molar-refractivity contribution is -0.138. The average molecular weight is 309 g/mol. The highest BCUT2D eigenvalue weighted by Gasteiger charge is 2.32. The van der Waals surface area contributed by atoms with Crippen molar-refractivity contribution in [1.82, 2.24) is 4.90 Å². The van der Waals surface area contributed by atoms with Crippen LogP contribution in [-0.4, -0.2) is 23.9 Å². The van der Waals surface area contributed by atoms with Crippen LogP contribution >= 0.6 is 0 Å². The van der Waals surface area contributed by atoms with Crippen LogP contribution in [0.15, 0.2) is 29.8 Å². The van der Waals surface area contributed by atoms with Crippen molar-refractivity contribution >= 4 is 11.6 Å². The predicted molar refractivity (Wildman–Crippen MR) is 74.7 cm³/mol. The number of hydrogen-bond donors (Lipinski definition) is 1. The zero-order valence-electron chi connectivity index (χ0n) is 11.9. The minimum Gasteiger partial charge on any atom is -0.322 e. The van der Waals surface area contributed by atoms with Gasteiger partial charge in [-0.25, -0.2) is 0 Å². The molecule has 1 saturated heterocycles. The summed E-state index contributed by atoms with van der Waals surface area (Å²) in [7, 11) is 0. The molecule has 1 N–H and O–H groups in total. The standard InChI is InChI=1S/C15H14F3N3O/c1-10-2-3-12(7-13(10)15(16,17)18)20-14(22)6-11-4-5-21(8-11)9-19/h2-3,6-7H,4-5,8H2,1H3,(H,20,22). The van der Waals surface area contributed by atoms with Crippen LogP contribution in [0.3, 0.4) is 0 Å². The van der Waals surface area contributed by atoms with E-state index >= 15 is 0 Å². The summed E-state index contributed by atoms with van der Waals surface area (Å²) in [6, 6.07) is 3.66. The second-order valence-corrected chi connectivity index (χ2v) is 5.09. The lowest BCUT2D eigenvalue weighted by Crippen LogP contribution is -2.13. The first kappa shape index (κ1) is 15.9. The molecule has 1 heterocycles. The lowest BCUT2D eigenvalue weighted by atomic mass is 10.1. The van der Waals surface area contributed by atoms with E-state index in [9.17, 15) is 18.0 Å². The van der Waals surface area contributed by atoms with E-state index in [1.54, 1.807) is 0 Å². The summed E-state index contributed by atoms with van der Waals surface area (Å²) in [5.74, 6) is -0.494. The summed E-state index contributed by atoms with van der Waals surface area (Å²) in [5, 5.41) is 11.2. The van der Waals surface area contributed by atoms with Crippen LogP contribution < -0.4 is 5.32 Å².